The highest BCUT2D eigenvalue weighted by Crippen LogP contribution is 2.67. The number of carboxylic acid groups (broad SMARTS) is 1. The number of aliphatic carboxylic acids is 1. The lowest BCUT2D eigenvalue weighted by molar-refractivity contribution is -0.131. The second-order valence-corrected chi connectivity index (χ2v) is 11.9. The first kappa shape index (κ1) is 22.1. The summed E-state index contributed by atoms with van der Waals surface area (Å²) in [7, 11) is 0. The van der Waals surface area contributed by atoms with Crippen LogP contribution in [0.1, 0.15) is 93.8 Å². The van der Waals surface area contributed by atoms with E-state index in [1.54, 1.807) is 16.7 Å². The maximum Gasteiger partial charge on any atom is 0.328 e. The second kappa shape index (κ2) is 7.16. The molecule has 0 bridgehead atoms. The summed E-state index contributed by atoms with van der Waals surface area (Å²) in [5, 5.41) is 9.00. The molecule has 5 rings (SSSR count). The molecule has 1 N–H and O–H groups in total. The number of benzene rings is 1. The molecule has 0 radical (unpaired) electrons. The van der Waals surface area contributed by atoms with Crippen molar-refractivity contribution in [2.45, 2.75) is 83.5 Å². The third-order valence-electron chi connectivity index (χ3n) is 8.73. The molecule has 0 aliphatic heterocycles. The Balaban J connectivity index is 1.45. The van der Waals surface area contributed by atoms with E-state index in [1.807, 2.05) is 19.2 Å². The van der Waals surface area contributed by atoms with Crippen molar-refractivity contribution in [2.24, 2.45) is 5.92 Å². The number of hydrogen-bond donors (Lipinski definition) is 1. The SMILES string of the molecule is C/C(=C/C(=O)O)c1ccc(C2=CCC3(c4cc5c(cc4C)C(C)(C)CCC5(C)C)CC23)nc1. The molecule has 0 saturated heterocycles. The van der Waals surface area contributed by atoms with Crippen LogP contribution in [0.3, 0.4) is 0 Å². The van der Waals surface area contributed by atoms with Gasteiger partial charge in [0.25, 0.3) is 0 Å². The van der Waals surface area contributed by atoms with Crippen molar-refractivity contribution in [2.75, 3.05) is 0 Å². The fourth-order valence-electron chi connectivity index (χ4n) is 6.39. The van der Waals surface area contributed by atoms with Crippen LogP contribution < -0.4 is 0 Å². The predicted molar refractivity (Wildman–Crippen MR) is 134 cm³/mol. The van der Waals surface area contributed by atoms with E-state index in [4.69, 9.17) is 10.1 Å². The highest BCUT2D eigenvalue weighted by Gasteiger charge is 2.60. The number of pyridine rings is 1. The van der Waals surface area contributed by atoms with Gasteiger partial charge in [-0.25, -0.2) is 4.79 Å². The standard InChI is InChI=1S/C30H35NO2/c1-18(14-27(32)33)20-7-8-26(31-17-20)21-9-10-30(16-25(21)30)22-15-24-23(13-19(22)2)28(3,4)11-12-29(24,5)6/h7-9,13-15,17,25H,10-12,16H2,1-6H3,(H,32,33)/b18-14-. The number of hydrogen-bond acceptors (Lipinski definition) is 2. The largest absolute Gasteiger partial charge is 0.478 e. The molecule has 3 nitrogen and oxygen atoms in total. The van der Waals surface area contributed by atoms with Gasteiger partial charge in [-0.3, -0.25) is 4.98 Å². The highest BCUT2D eigenvalue weighted by atomic mass is 16.4. The quantitative estimate of drug-likeness (QED) is 0.521. The van der Waals surface area contributed by atoms with E-state index in [0.29, 0.717) is 5.92 Å². The topological polar surface area (TPSA) is 50.2 Å². The average molecular weight is 442 g/mol. The van der Waals surface area contributed by atoms with E-state index in [1.165, 1.54) is 36.5 Å². The molecule has 1 saturated carbocycles. The lowest BCUT2D eigenvalue weighted by Crippen LogP contribution is -2.34. The van der Waals surface area contributed by atoms with Gasteiger partial charge in [0.05, 0.1) is 5.69 Å². The molecule has 1 fully saturated rings. The van der Waals surface area contributed by atoms with Crippen LogP contribution in [-0.2, 0) is 21.0 Å². The molecular formula is C30H35NO2. The molecular weight excluding hydrogens is 406 g/mol. The molecule has 33 heavy (non-hydrogen) atoms. The van der Waals surface area contributed by atoms with E-state index in [2.05, 4.69) is 58.9 Å². The molecule has 2 atom stereocenters. The number of aryl methyl sites for hydroxylation is 1. The average Bonchev–Trinajstić information content (AvgIpc) is 3.36. The van der Waals surface area contributed by atoms with Crippen LogP contribution in [0.15, 0.2) is 42.6 Å². The number of carbonyl (C=O) groups is 1. The van der Waals surface area contributed by atoms with E-state index in [9.17, 15) is 4.79 Å². The van der Waals surface area contributed by atoms with Gasteiger partial charge >= 0.3 is 5.97 Å². The maximum absolute atomic E-state index is 11.0. The van der Waals surface area contributed by atoms with E-state index < -0.39 is 5.97 Å². The van der Waals surface area contributed by atoms with Crippen molar-refractivity contribution >= 4 is 17.1 Å². The van der Waals surface area contributed by atoms with Crippen molar-refractivity contribution in [3.8, 4) is 0 Å². The summed E-state index contributed by atoms with van der Waals surface area (Å²) in [5.74, 6) is -0.396. The Hall–Kier alpha value is -2.68. The summed E-state index contributed by atoms with van der Waals surface area (Å²) in [6.07, 6.45) is 10.2. The fraction of sp³-hybridized carbons (Fsp3) is 0.467. The first-order valence-electron chi connectivity index (χ1n) is 12.2. The van der Waals surface area contributed by atoms with Crippen molar-refractivity contribution < 1.29 is 9.90 Å². The normalized spacial score (nSPS) is 26.9. The number of fused-ring (bicyclic) bond motifs is 2. The van der Waals surface area contributed by atoms with Crippen molar-refractivity contribution in [3.05, 3.63) is 76.1 Å². The van der Waals surface area contributed by atoms with Gasteiger partial charge in [-0.15, -0.1) is 0 Å². The number of allylic oxidation sites excluding steroid dienone is 3. The minimum Gasteiger partial charge on any atom is -0.478 e. The van der Waals surface area contributed by atoms with Gasteiger partial charge in [0.2, 0.25) is 0 Å². The summed E-state index contributed by atoms with van der Waals surface area (Å²) < 4.78 is 0. The van der Waals surface area contributed by atoms with Crippen LogP contribution in [0.5, 0.6) is 0 Å². The summed E-state index contributed by atoms with van der Waals surface area (Å²) in [5.41, 5.74) is 10.7. The van der Waals surface area contributed by atoms with Crippen LogP contribution in [0.25, 0.3) is 11.1 Å². The van der Waals surface area contributed by atoms with Crippen LogP contribution in [0, 0.1) is 12.8 Å². The molecule has 3 aliphatic rings. The Labute approximate surface area is 197 Å². The van der Waals surface area contributed by atoms with Crippen LogP contribution in [-0.4, -0.2) is 16.1 Å². The molecule has 0 amide bonds. The van der Waals surface area contributed by atoms with Crippen LogP contribution in [0.2, 0.25) is 0 Å². The van der Waals surface area contributed by atoms with Gasteiger partial charge in [0.1, 0.15) is 0 Å². The Kier molecular flexibility index (Phi) is 4.80. The van der Waals surface area contributed by atoms with Crippen molar-refractivity contribution in [1.82, 2.24) is 4.98 Å². The fourth-order valence-corrected chi connectivity index (χ4v) is 6.39. The minimum absolute atomic E-state index is 0.224. The molecule has 3 heteroatoms. The first-order chi connectivity index (χ1) is 15.4. The number of rotatable bonds is 4. The zero-order valence-electron chi connectivity index (χ0n) is 20.7. The number of nitrogens with zero attached hydrogens (tertiary/aromatic N) is 1. The summed E-state index contributed by atoms with van der Waals surface area (Å²) in [6, 6.07) is 9.12. The Morgan fingerprint density at radius 3 is 2.30 bits per heavy atom. The molecule has 1 aromatic heterocycles. The van der Waals surface area contributed by atoms with Crippen molar-refractivity contribution in [3.63, 3.8) is 0 Å². The minimum atomic E-state index is -0.926. The lowest BCUT2D eigenvalue weighted by atomic mass is 9.62. The van der Waals surface area contributed by atoms with Crippen molar-refractivity contribution in [1.29, 1.82) is 0 Å². The zero-order valence-corrected chi connectivity index (χ0v) is 20.7. The molecule has 1 aromatic carbocycles. The van der Waals surface area contributed by atoms with Gasteiger partial charge in [-0.1, -0.05) is 52.0 Å². The molecule has 2 unspecified atom stereocenters. The monoisotopic (exact) mass is 441 g/mol. The van der Waals surface area contributed by atoms with E-state index in [-0.39, 0.29) is 16.2 Å². The van der Waals surface area contributed by atoms with Gasteiger partial charge in [0.15, 0.2) is 0 Å². The Morgan fingerprint density at radius 1 is 1.06 bits per heavy atom. The van der Waals surface area contributed by atoms with Crippen LogP contribution in [0.4, 0.5) is 0 Å². The summed E-state index contributed by atoms with van der Waals surface area (Å²) in [4.78, 5) is 15.7. The third-order valence-corrected chi connectivity index (χ3v) is 8.73. The Bertz CT molecular complexity index is 1210. The number of aromatic nitrogens is 1. The third kappa shape index (κ3) is 3.48. The lowest BCUT2D eigenvalue weighted by Gasteiger charge is -2.43. The summed E-state index contributed by atoms with van der Waals surface area (Å²) >= 11 is 0. The highest BCUT2D eigenvalue weighted by molar-refractivity contribution is 5.89. The maximum atomic E-state index is 11.0. The van der Waals surface area contributed by atoms with E-state index >= 15 is 0 Å². The summed E-state index contributed by atoms with van der Waals surface area (Å²) in [6.45, 7) is 13.7. The predicted octanol–water partition coefficient (Wildman–Crippen LogP) is 6.97. The number of carboxylic acids is 1. The van der Waals surface area contributed by atoms with Gasteiger partial charge in [0, 0.05) is 17.7 Å². The first-order valence-corrected chi connectivity index (χ1v) is 12.2. The zero-order chi connectivity index (χ0) is 23.8. The molecule has 0 spiro atoms. The van der Waals surface area contributed by atoms with Gasteiger partial charge in [-0.05, 0) is 101 Å². The van der Waals surface area contributed by atoms with E-state index in [0.717, 1.165) is 23.3 Å². The molecule has 1 heterocycles. The molecule has 172 valence electrons. The van der Waals surface area contributed by atoms with Gasteiger partial charge < -0.3 is 5.11 Å². The molecule has 3 aliphatic carbocycles. The van der Waals surface area contributed by atoms with Gasteiger partial charge in [-0.2, -0.15) is 0 Å². The Morgan fingerprint density at radius 2 is 1.73 bits per heavy atom. The van der Waals surface area contributed by atoms with Crippen LogP contribution >= 0.6 is 0 Å². The smallest absolute Gasteiger partial charge is 0.328 e. The molecule has 2 aromatic rings. The second-order valence-electron chi connectivity index (χ2n) is 11.9.